The van der Waals surface area contributed by atoms with Crippen LogP contribution in [0, 0.1) is 0 Å². The van der Waals surface area contributed by atoms with Crippen molar-refractivity contribution in [1.82, 2.24) is 19.6 Å². The van der Waals surface area contributed by atoms with Crippen LogP contribution in [0.5, 0.6) is 0 Å². The van der Waals surface area contributed by atoms with Gasteiger partial charge in [0.25, 0.3) is 0 Å². The number of amides is 2. The van der Waals surface area contributed by atoms with E-state index in [0.717, 1.165) is 12.0 Å². The van der Waals surface area contributed by atoms with Crippen molar-refractivity contribution in [2.45, 2.75) is 25.9 Å². The third-order valence-corrected chi connectivity index (χ3v) is 4.41. The molecule has 0 saturated carbocycles. The number of carbonyl (C=O) groups excluding carboxylic acids is 2. The molecule has 0 bridgehead atoms. The van der Waals surface area contributed by atoms with E-state index in [1.807, 2.05) is 43.6 Å². The fraction of sp³-hybridized carbons (Fsp3) is 0.389. The van der Waals surface area contributed by atoms with Gasteiger partial charge in [0.05, 0.1) is 12.7 Å². The third kappa shape index (κ3) is 3.48. The molecule has 1 aliphatic rings. The van der Waals surface area contributed by atoms with E-state index in [2.05, 4.69) is 5.10 Å². The van der Waals surface area contributed by atoms with Gasteiger partial charge in [0, 0.05) is 31.9 Å². The maximum absolute atomic E-state index is 12.6. The van der Waals surface area contributed by atoms with Crippen molar-refractivity contribution in [2.24, 2.45) is 7.05 Å². The average Bonchev–Trinajstić information content (AvgIpc) is 3.00. The molecule has 2 aromatic rings. The normalized spacial score (nSPS) is 18.3. The molecule has 2 amide bonds. The lowest BCUT2D eigenvalue weighted by atomic mass is 10.1. The Hall–Kier alpha value is -2.63. The molecule has 1 aromatic heterocycles. The minimum Gasteiger partial charge on any atom is -0.331 e. The van der Waals surface area contributed by atoms with Gasteiger partial charge in [-0.1, -0.05) is 30.3 Å². The van der Waals surface area contributed by atoms with Gasteiger partial charge in [-0.25, -0.2) is 0 Å². The highest BCUT2D eigenvalue weighted by Crippen LogP contribution is 2.16. The van der Waals surface area contributed by atoms with Gasteiger partial charge in [0.2, 0.25) is 11.8 Å². The highest BCUT2D eigenvalue weighted by Gasteiger charge is 2.36. The Morgan fingerprint density at radius 3 is 2.58 bits per heavy atom. The van der Waals surface area contributed by atoms with E-state index < -0.39 is 6.04 Å². The molecule has 24 heavy (non-hydrogen) atoms. The summed E-state index contributed by atoms with van der Waals surface area (Å²) in [6.45, 7) is 2.94. The number of benzene rings is 1. The first-order valence-corrected chi connectivity index (χ1v) is 8.14. The molecule has 6 heteroatoms. The van der Waals surface area contributed by atoms with Crippen LogP contribution >= 0.6 is 0 Å². The summed E-state index contributed by atoms with van der Waals surface area (Å²) in [5.41, 5.74) is 2.10. The van der Waals surface area contributed by atoms with Crippen LogP contribution in [-0.4, -0.2) is 50.5 Å². The van der Waals surface area contributed by atoms with Crippen molar-refractivity contribution in [3.05, 3.63) is 53.9 Å². The Morgan fingerprint density at radius 2 is 1.92 bits per heavy atom. The molecule has 1 fully saturated rings. The maximum atomic E-state index is 12.6. The second-order valence-electron chi connectivity index (χ2n) is 6.22. The lowest BCUT2D eigenvalue weighted by molar-refractivity contribution is -0.155. The fourth-order valence-electron chi connectivity index (χ4n) is 3.02. The molecule has 1 saturated heterocycles. The topological polar surface area (TPSA) is 58.4 Å². The SMILES string of the molecule is C[C@@H]1C(=O)N(CCc2ccccc2)CC(=O)N1Cc1cnn(C)c1. The summed E-state index contributed by atoms with van der Waals surface area (Å²) in [4.78, 5) is 28.4. The Morgan fingerprint density at radius 1 is 1.17 bits per heavy atom. The Kier molecular flexibility index (Phi) is 4.64. The van der Waals surface area contributed by atoms with Gasteiger partial charge in [0.15, 0.2) is 0 Å². The lowest BCUT2D eigenvalue weighted by Crippen LogP contribution is -2.58. The highest BCUT2D eigenvalue weighted by atomic mass is 16.2. The van der Waals surface area contributed by atoms with E-state index in [9.17, 15) is 9.59 Å². The number of hydrogen-bond acceptors (Lipinski definition) is 3. The Balaban J connectivity index is 1.63. The van der Waals surface area contributed by atoms with Crippen molar-refractivity contribution < 1.29 is 9.59 Å². The molecule has 1 aromatic carbocycles. The van der Waals surface area contributed by atoms with Crippen LogP contribution in [0.3, 0.4) is 0 Å². The zero-order valence-electron chi connectivity index (χ0n) is 14.1. The van der Waals surface area contributed by atoms with E-state index in [1.54, 1.807) is 27.6 Å². The molecule has 126 valence electrons. The first kappa shape index (κ1) is 16.2. The second kappa shape index (κ2) is 6.86. The van der Waals surface area contributed by atoms with Gasteiger partial charge in [-0.15, -0.1) is 0 Å². The standard InChI is InChI=1S/C18H22N4O2/c1-14-18(24)21(9-8-15-6-4-3-5-7-15)13-17(23)22(14)12-16-10-19-20(2)11-16/h3-7,10-11,14H,8-9,12-13H2,1-2H3/t14-/m1/s1. The average molecular weight is 326 g/mol. The number of piperazine rings is 1. The van der Waals surface area contributed by atoms with Crippen molar-refractivity contribution in [2.75, 3.05) is 13.1 Å². The summed E-state index contributed by atoms with van der Waals surface area (Å²) >= 11 is 0. The molecule has 0 radical (unpaired) electrons. The van der Waals surface area contributed by atoms with Crippen LogP contribution in [-0.2, 0) is 29.6 Å². The molecule has 6 nitrogen and oxygen atoms in total. The third-order valence-electron chi connectivity index (χ3n) is 4.41. The predicted octanol–water partition coefficient (Wildman–Crippen LogP) is 1.22. The molecule has 3 rings (SSSR count). The van der Waals surface area contributed by atoms with E-state index in [0.29, 0.717) is 13.1 Å². The molecule has 0 spiro atoms. The number of nitrogens with zero attached hydrogens (tertiary/aromatic N) is 4. The smallest absolute Gasteiger partial charge is 0.245 e. The van der Waals surface area contributed by atoms with Crippen LogP contribution in [0.1, 0.15) is 18.1 Å². The quantitative estimate of drug-likeness (QED) is 0.830. The Bertz CT molecular complexity index is 726. The van der Waals surface area contributed by atoms with Crippen molar-refractivity contribution in [3.8, 4) is 0 Å². The number of carbonyl (C=O) groups is 2. The fourth-order valence-corrected chi connectivity index (χ4v) is 3.02. The van der Waals surface area contributed by atoms with E-state index in [4.69, 9.17) is 0 Å². The van der Waals surface area contributed by atoms with Crippen molar-refractivity contribution in [1.29, 1.82) is 0 Å². The van der Waals surface area contributed by atoms with Gasteiger partial charge in [-0.2, -0.15) is 5.10 Å². The molecular weight excluding hydrogens is 304 g/mol. The molecule has 0 aliphatic carbocycles. The van der Waals surface area contributed by atoms with Crippen LogP contribution in [0.4, 0.5) is 0 Å². The maximum Gasteiger partial charge on any atom is 0.245 e. The number of hydrogen-bond donors (Lipinski definition) is 0. The second-order valence-corrected chi connectivity index (χ2v) is 6.22. The first-order valence-electron chi connectivity index (χ1n) is 8.14. The number of rotatable bonds is 5. The number of aromatic nitrogens is 2. The highest BCUT2D eigenvalue weighted by molar-refractivity contribution is 5.94. The first-order chi connectivity index (χ1) is 11.5. The zero-order chi connectivity index (χ0) is 17.1. The largest absolute Gasteiger partial charge is 0.331 e. The van der Waals surface area contributed by atoms with E-state index in [1.165, 1.54) is 5.56 Å². The van der Waals surface area contributed by atoms with E-state index in [-0.39, 0.29) is 18.4 Å². The van der Waals surface area contributed by atoms with Crippen LogP contribution in [0.25, 0.3) is 0 Å². The van der Waals surface area contributed by atoms with E-state index >= 15 is 0 Å². The van der Waals surface area contributed by atoms with Gasteiger partial charge in [-0.05, 0) is 18.9 Å². The van der Waals surface area contributed by atoms with Crippen molar-refractivity contribution >= 4 is 11.8 Å². The van der Waals surface area contributed by atoms with Crippen LogP contribution in [0.15, 0.2) is 42.7 Å². The molecule has 1 atom stereocenters. The summed E-state index contributed by atoms with van der Waals surface area (Å²) in [6.07, 6.45) is 4.35. The Labute approximate surface area is 141 Å². The van der Waals surface area contributed by atoms with Gasteiger partial charge >= 0.3 is 0 Å². The molecule has 1 aliphatic heterocycles. The van der Waals surface area contributed by atoms with Gasteiger partial charge < -0.3 is 9.80 Å². The minimum atomic E-state index is -0.442. The monoisotopic (exact) mass is 326 g/mol. The van der Waals surface area contributed by atoms with Gasteiger partial charge in [-0.3, -0.25) is 14.3 Å². The van der Waals surface area contributed by atoms with Crippen LogP contribution < -0.4 is 0 Å². The summed E-state index contributed by atoms with van der Waals surface area (Å²) in [5, 5.41) is 4.11. The molecule has 0 N–H and O–H groups in total. The van der Waals surface area contributed by atoms with Crippen molar-refractivity contribution in [3.63, 3.8) is 0 Å². The summed E-state index contributed by atoms with van der Waals surface area (Å²) in [7, 11) is 1.83. The summed E-state index contributed by atoms with van der Waals surface area (Å²) < 4.78 is 1.70. The summed E-state index contributed by atoms with van der Waals surface area (Å²) in [6, 6.07) is 9.57. The van der Waals surface area contributed by atoms with Crippen LogP contribution in [0.2, 0.25) is 0 Å². The molecular formula is C18H22N4O2. The number of aryl methyl sites for hydroxylation is 1. The zero-order valence-corrected chi connectivity index (χ0v) is 14.1. The van der Waals surface area contributed by atoms with Gasteiger partial charge in [0.1, 0.15) is 6.04 Å². The summed E-state index contributed by atoms with van der Waals surface area (Å²) in [5.74, 6) is -0.00608. The predicted molar refractivity (Wildman–Crippen MR) is 89.9 cm³/mol. The minimum absolute atomic E-state index is 0.00872. The lowest BCUT2D eigenvalue weighted by Gasteiger charge is -2.38. The molecule has 0 unspecified atom stereocenters. The molecule has 2 heterocycles.